The second kappa shape index (κ2) is 4.68. The van der Waals surface area contributed by atoms with E-state index < -0.39 is 0 Å². The van der Waals surface area contributed by atoms with E-state index in [9.17, 15) is 0 Å². The molecule has 2 aromatic rings. The Morgan fingerprint density at radius 2 is 1.94 bits per heavy atom. The van der Waals surface area contributed by atoms with Gasteiger partial charge in [-0.3, -0.25) is 0 Å². The maximum absolute atomic E-state index is 8.68. The van der Waals surface area contributed by atoms with Gasteiger partial charge in [0, 0.05) is 18.6 Å². The summed E-state index contributed by atoms with van der Waals surface area (Å²) >= 11 is 1.23. The van der Waals surface area contributed by atoms with E-state index in [1.165, 1.54) is 11.8 Å². The maximum atomic E-state index is 8.68. The monoisotopic (exact) mass is 229 g/mol. The smallest absolute Gasteiger partial charge is 0.196 e. The van der Waals surface area contributed by atoms with Crippen LogP contribution in [-0.2, 0) is 0 Å². The molecule has 78 valence electrons. The van der Waals surface area contributed by atoms with Gasteiger partial charge in [0.2, 0.25) is 0 Å². The number of rotatable bonds is 2. The number of aryl methyl sites for hydroxylation is 1. The van der Waals surface area contributed by atoms with Crippen LogP contribution >= 0.6 is 11.8 Å². The number of nitriles is 1. The normalized spacial score (nSPS) is 9.75. The first-order valence-corrected chi connectivity index (χ1v) is 5.29. The topological polar surface area (TPSA) is 75.3 Å². The third-order valence-corrected chi connectivity index (χ3v) is 2.46. The molecule has 0 amide bonds. The fraction of sp³-hybridized carbons (Fsp3) is 0.100. The summed E-state index contributed by atoms with van der Waals surface area (Å²) in [6.45, 7) is 1.92. The van der Waals surface area contributed by atoms with Crippen LogP contribution < -0.4 is 0 Å². The van der Waals surface area contributed by atoms with Gasteiger partial charge in [-0.05, 0) is 30.3 Å². The first-order valence-electron chi connectivity index (χ1n) is 4.47. The van der Waals surface area contributed by atoms with E-state index >= 15 is 0 Å². The highest BCUT2D eigenvalue weighted by atomic mass is 32.2. The Labute approximate surface area is 96.6 Å². The molecular weight excluding hydrogens is 222 g/mol. The van der Waals surface area contributed by atoms with Gasteiger partial charge in [-0.1, -0.05) is 0 Å². The Morgan fingerprint density at radius 3 is 2.62 bits per heavy atom. The Hall–Kier alpha value is -2.00. The Bertz CT molecular complexity index is 532. The Kier molecular flexibility index (Phi) is 3.08. The van der Waals surface area contributed by atoms with Crippen molar-refractivity contribution in [2.45, 2.75) is 17.2 Å². The van der Waals surface area contributed by atoms with Crippen LogP contribution in [0.3, 0.4) is 0 Å². The minimum Gasteiger partial charge on any atom is -0.231 e. The zero-order chi connectivity index (χ0) is 11.4. The molecule has 0 fully saturated rings. The van der Waals surface area contributed by atoms with Crippen LogP contribution in [0.4, 0.5) is 0 Å². The summed E-state index contributed by atoms with van der Waals surface area (Å²) in [5.41, 5.74) is 1.33. The van der Waals surface area contributed by atoms with Crippen molar-refractivity contribution >= 4 is 11.8 Å². The number of nitrogens with zero attached hydrogens (tertiary/aromatic N) is 5. The molecule has 0 atom stereocenters. The van der Waals surface area contributed by atoms with Crippen LogP contribution in [0.25, 0.3) is 0 Å². The zero-order valence-corrected chi connectivity index (χ0v) is 9.27. The van der Waals surface area contributed by atoms with E-state index in [0.29, 0.717) is 16.0 Å². The average molecular weight is 229 g/mol. The first-order chi connectivity index (χ1) is 7.78. The second-order valence-electron chi connectivity index (χ2n) is 2.98. The molecule has 0 bridgehead atoms. The van der Waals surface area contributed by atoms with E-state index in [-0.39, 0.29) is 0 Å². The predicted molar refractivity (Wildman–Crippen MR) is 57.6 cm³/mol. The molecule has 16 heavy (non-hydrogen) atoms. The third kappa shape index (κ3) is 2.52. The number of hydrogen-bond acceptors (Lipinski definition) is 6. The fourth-order valence-electron chi connectivity index (χ4n) is 0.967. The highest BCUT2D eigenvalue weighted by Gasteiger charge is 2.03. The van der Waals surface area contributed by atoms with E-state index in [1.807, 2.05) is 13.0 Å². The van der Waals surface area contributed by atoms with Gasteiger partial charge in [0.05, 0.1) is 0 Å². The molecule has 0 N–H and O–H groups in total. The lowest BCUT2D eigenvalue weighted by Crippen LogP contribution is -1.92. The van der Waals surface area contributed by atoms with Gasteiger partial charge in [0.15, 0.2) is 10.3 Å². The van der Waals surface area contributed by atoms with Gasteiger partial charge in [-0.15, -0.1) is 0 Å². The SMILES string of the molecule is Cc1cnc(Sc2nccc(C#N)n2)nc1. The molecule has 0 spiro atoms. The molecule has 6 heteroatoms. The standard InChI is InChI=1S/C10H7N5S/c1-7-5-13-9(14-6-7)16-10-12-3-2-8(4-11)15-10/h2-3,5-6H,1H3. The minimum absolute atomic E-state index is 0.338. The summed E-state index contributed by atoms with van der Waals surface area (Å²) in [6.07, 6.45) is 5.00. The molecule has 2 heterocycles. The van der Waals surface area contributed by atoms with Gasteiger partial charge in [0.25, 0.3) is 0 Å². The van der Waals surface area contributed by atoms with Crippen LogP contribution in [0.2, 0.25) is 0 Å². The summed E-state index contributed by atoms with van der Waals surface area (Å²) in [6, 6.07) is 3.51. The highest BCUT2D eigenvalue weighted by molar-refractivity contribution is 7.99. The summed E-state index contributed by atoms with van der Waals surface area (Å²) in [7, 11) is 0. The molecule has 0 aliphatic rings. The summed E-state index contributed by atoms with van der Waals surface area (Å²) in [5, 5.41) is 9.73. The van der Waals surface area contributed by atoms with E-state index in [2.05, 4.69) is 19.9 Å². The summed E-state index contributed by atoms with van der Waals surface area (Å²) < 4.78 is 0. The molecule has 5 nitrogen and oxygen atoms in total. The molecule has 0 aliphatic heterocycles. The van der Waals surface area contributed by atoms with Crippen LogP contribution in [-0.4, -0.2) is 19.9 Å². The summed E-state index contributed by atoms with van der Waals surface area (Å²) in [4.78, 5) is 16.3. The Balaban J connectivity index is 2.21. The lowest BCUT2D eigenvalue weighted by Gasteiger charge is -1.98. The molecule has 0 saturated heterocycles. The van der Waals surface area contributed by atoms with Gasteiger partial charge >= 0.3 is 0 Å². The maximum Gasteiger partial charge on any atom is 0.196 e. The minimum atomic E-state index is 0.338. The van der Waals surface area contributed by atoms with Crippen LogP contribution in [0, 0.1) is 18.3 Å². The second-order valence-corrected chi connectivity index (χ2v) is 3.92. The van der Waals surface area contributed by atoms with Crippen molar-refractivity contribution in [3.05, 3.63) is 35.9 Å². The van der Waals surface area contributed by atoms with Gasteiger partial charge < -0.3 is 0 Å². The molecule has 2 aromatic heterocycles. The number of hydrogen-bond donors (Lipinski definition) is 0. The van der Waals surface area contributed by atoms with Gasteiger partial charge in [-0.25, -0.2) is 19.9 Å². The molecule has 0 unspecified atom stereocenters. The van der Waals surface area contributed by atoms with Crippen molar-refractivity contribution in [3.8, 4) is 6.07 Å². The average Bonchev–Trinajstić information content (AvgIpc) is 2.32. The third-order valence-electron chi connectivity index (χ3n) is 1.69. The van der Waals surface area contributed by atoms with Crippen molar-refractivity contribution in [3.63, 3.8) is 0 Å². The summed E-state index contributed by atoms with van der Waals surface area (Å²) in [5.74, 6) is 0. The van der Waals surface area contributed by atoms with Crippen molar-refractivity contribution in [1.29, 1.82) is 5.26 Å². The first kappa shape index (κ1) is 10.5. The molecule has 0 aliphatic carbocycles. The van der Waals surface area contributed by atoms with Crippen molar-refractivity contribution in [1.82, 2.24) is 19.9 Å². The van der Waals surface area contributed by atoms with Crippen molar-refractivity contribution in [2.75, 3.05) is 0 Å². The Morgan fingerprint density at radius 1 is 1.19 bits per heavy atom. The van der Waals surface area contributed by atoms with Gasteiger partial charge in [0.1, 0.15) is 11.8 Å². The van der Waals surface area contributed by atoms with Crippen LogP contribution in [0.1, 0.15) is 11.3 Å². The molecule has 0 aromatic carbocycles. The zero-order valence-electron chi connectivity index (χ0n) is 8.45. The van der Waals surface area contributed by atoms with Gasteiger partial charge in [-0.2, -0.15) is 5.26 Å². The van der Waals surface area contributed by atoms with E-state index in [0.717, 1.165) is 5.56 Å². The molecular formula is C10H7N5S. The molecule has 0 saturated carbocycles. The lowest BCUT2D eigenvalue weighted by atomic mass is 10.4. The van der Waals surface area contributed by atoms with E-state index in [1.54, 1.807) is 24.7 Å². The molecule has 2 rings (SSSR count). The van der Waals surface area contributed by atoms with Crippen LogP contribution in [0.15, 0.2) is 35.0 Å². The van der Waals surface area contributed by atoms with E-state index in [4.69, 9.17) is 5.26 Å². The van der Waals surface area contributed by atoms with Crippen molar-refractivity contribution in [2.24, 2.45) is 0 Å². The largest absolute Gasteiger partial charge is 0.231 e. The number of aromatic nitrogens is 4. The predicted octanol–water partition coefficient (Wildman–Crippen LogP) is 1.60. The fourth-order valence-corrected chi connectivity index (χ4v) is 1.60. The highest BCUT2D eigenvalue weighted by Crippen LogP contribution is 2.19. The van der Waals surface area contributed by atoms with Crippen molar-refractivity contribution < 1.29 is 0 Å². The quantitative estimate of drug-likeness (QED) is 0.728. The molecule has 0 radical (unpaired) electrons. The van der Waals surface area contributed by atoms with Crippen LogP contribution in [0.5, 0.6) is 0 Å². The lowest BCUT2D eigenvalue weighted by molar-refractivity contribution is 0.913.